The van der Waals surface area contributed by atoms with Crippen molar-refractivity contribution < 1.29 is 22.4 Å². The number of aromatic nitrogens is 4. The molecule has 0 saturated carbocycles. The molecule has 2 N–H and O–H groups in total. The zero-order chi connectivity index (χ0) is 27.9. The van der Waals surface area contributed by atoms with E-state index in [2.05, 4.69) is 25.2 Å². The van der Waals surface area contributed by atoms with Gasteiger partial charge in [-0.05, 0) is 55.8 Å². The van der Waals surface area contributed by atoms with Gasteiger partial charge in [-0.25, -0.2) is 9.07 Å². The van der Waals surface area contributed by atoms with E-state index in [9.17, 15) is 18.0 Å². The minimum absolute atomic E-state index is 0.0270. The van der Waals surface area contributed by atoms with Crippen LogP contribution in [0, 0.1) is 26.2 Å². The molecule has 2 aromatic carbocycles. The summed E-state index contributed by atoms with van der Waals surface area (Å²) in [5.41, 5.74) is 2.45. The van der Waals surface area contributed by atoms with Crippen molar-refractivity contribution in [2.24, 2.45) is 0 Å². The summed E-state index contributed by atoms with van der Waals surface area (Å²) in [5, 5.41) is 7.96. The number of fused-ring (bicyclic) bond motifs is 1. The third kappa shape index (κ3) is 4.84. The van der Waals surface area contributed by atoms with Crippen molar-refractivity contribution >= 4 is 22.6 Å². The first-order valence-corrected chi connectivity index (χ1v) is 11.7. The van der Waals surface area contributed by atoms with Crippen molar-refractivity contribution in [3.8, 4) is 16.8 Å². The van der Waals surface area contributed by atoms with E-state index >= 15 is 4.39 Å². The molecule has 0 radical (unpaired) electrons. The van der Waals surface area contributed by atoms with Crippen molar-refractivity contribution in [1.82, 2.24) is 25.1 Å². The van der Waals surface area contributed by atoms with E-state index in [0.717, 1.165) is 23.2 Å². The average Bonchev–Trinajstić information content (AvgIpc) is 3.49. The van der Waals surface area contributed by atoms with Gasteiger partial charge in [-0.2, -0.15) is 18.3 Å². The van der Waals surface area contributed by atoms with Gasteiger partial charge >= 0.3 is 6.18 Å². The van der Waals surface area contributed by atoms with Crippen LogP contribution in [0.5, 0.6) is 0 Å². The summed E-state index contributed by atoms with van der Waals surface area (Å²) in [6.45, 7) is 10.3. The van der Waals surface area contributed by atoms with Crippen molar-refractivity contribution in [2.45, 2.75) is 26.6 Å². The predicted octanol–water partition coefficient (Wildman–Crippen LogP) is 6.67. The Balaban J connectivity index is 1.39. The van der Waals surface area contributed by atoms with Gasteiger partial charge < -0.3 is 15.1 Å². The van der Waals surface area contributed by atoms with E-state index in [1.807, 2.05) is 6.07 Å². The molecule has 3 aromatic heterocycles. The third-order valence-corrected chi connectivity index (χ3v) is 6.40. The van der Waals surface area contributed by atoms with Crippen LogP contribution in [-0.4, -0.2) is 25.7 Å². The normalized spacial score (nSPS) is 11.5. The molecule has 0 bridgehead atoms. The maximum absolute atomic E-state index is 15.1. The number of H-pyrrole nitrogens is 1. The number of carbonyl (C=O) groups excluding carboxylic acids is 1. The van der Waals surface area contributed by atoms with Crippen LogP contribution in [0.4, 0.5) is 23.4 Å². The van der Waals surface area contributed by atoms with Crippen LogP contribution in [-0.2, 0) is 12.7 Å². The number of pyridine rings is 1. The van der Waals surface area contributed by atoms with Gasteiger partial charge in [0.2, 0.25) is 0 Å². The Morgan fingerprint density at radius 1 is 1.13 bits per heavy atom. The smallest absolute Gasteiger partial charge is 0.361 e. The monoisotopic (exact) mass is 532 g/mol. The van der Waals surface area contributed by atoms with Crippen LogP contribution in [0.15, 0.2) is 60.9 Å². The molecule has 0 aliphatic rings. The highest BCUT2D eigenvalue weighted by Gasteiger charge is 2.35. The summed E-state index contributed by atoms with van der Waals surface area (Å²) in [6.07, 6.45) is -1.84. The van der Waals surface area contributed by atoms with E-state index < -0.39 is 23.4 Å². The Morgan fingerprint density at radius 3 is 2.64 bits per heavy atom. The van der Waals surface area contributed by atoms with Crippen molar-refractivity contribution in [3.63, 3.8) is 0 Å². The Labute approximate surface area is 219 Å². The van der Waals surface area contributed by atoms with Crippen LogP contribution in [0.2, 0.25) is 0 Å². The topological polar surface area (TPSA) is 80.0 Å². The Morgan fingerprint density at radius 2 is 1.92 bits per heavy atom. The van der Waals surface area contributed by atoms with Crippen LogP contribution >= 0.6 is 0 Å². The van der Waals surface area contributed by atoms with Gasteiger partial charge in [0.05, 0.1) is 11.3 Å². The minimum Gasteiger partial charge on any atom is -0.361 e. The third-order valence-electron chi connectivity index (χ3n) is 6.40. The summed E-state index contributed by atoms with van der Waals surface area (Å²) in [6, 6.07) is 12.4. The molecule has 5 aromatic rings. The quantitative estimate of drug-likeness (QED) is 0.196. The van der Waals surface area contributed by atoms with Gasteiger partial charge in [0.25, 0.3) is 11.7 Å². The maximum Gasteiger partial charge on any atom is 0.409 e. The van der Waals surface area contributed by atoms with E-state index in [-0.39, 0.29) is 23.7 Å². The average molecular weight is 533 g/mol. The molecule has 1 amide bonds. The largest absolute Gasteiger partial charge is 0.409 e. The lowest BCUT2D eigenvalue weighted by atomic mass is 10.0. The zero-order valence-electron chi connectivity index (χ0n) is 20.7. The molecule has 5 rings (SSSR count). The minimum atomic E-state index is -4.76. The molecule has 0 aliphatic carbocycles. The van der Waals surface area contributed by atoms with E-state index in [1.54, 1.807) is 50.4 Å². The van der Waals surface area contributed by atoms with Crippen molar-refractivity contribution in [1.29, 1.82) is 0 Å². The molecule has 0 unspecified atom stereocenters. The standard InChI is InChI=1S/C28H20F4N6O/c1-15-25(16(2)38(37-15)21-12-22(28(30,31)32)26(33-3)35-14-21)18-4-5-20(23(29)11-18)13-36-27(39)19-6-7-24-17(10-19)8-9-34-24/h4-12,14,34H,13H2,1-2H3,(H,36,39). The number of nitrogens with one attached hydrogen (secondary N) is 2. The maximum atomic E-state index is 15.1. The molecule has 0 aliphatic heterocycles. The van der Waals surface area contributed by atoms with E-state index in [4.69, 9.17) is 6.57 Å². The number of halogens is 4. The Bertz CT molecular complexity index is 1780. The van der Waals surface area contributed by atoms with Crippen LogP contribution in [0.25, 0.3) is 32.6 Å². The number of carbonyl (C=O) groups is 1. The van der Waals surface area contributed by atoms with Gasteiger partial charge in [0, 0.05) is 46.0 Å². The van der Waals surface area contributed by atoms with E-state index in [1.165, 1.54) is 10.7 Å². The molecule has 3 heterocycles. The lowest BCUT2D eigenvalue weighted by Gasteiger charge is -2.11. The zero-order valence-corrected chi connectivity index (χ0v) is 20.7. The van der Waals surface area contributed by atoms with Gasteiger partial charge in [0.1, 0.15) is 17.7 Å². The summed E-state index contributed by atoms with van der Waals surface area (Å²) in [4.78, 5) is 22.2. The number of aryl methyl sites for hydroxylation is 1. The van der Waals surface area contributed by atoms with Gasteiger partial charge in [0.15, 0.2) is 0 Å². The van der Waals surface area contributed by atoms with E-state index in [0.29, 0.717) is 28.1 Å². The molecular weight excluding hydrogens is 512 g/mol. The molecule has 0 spiro atoms. The second-order valence-electron chi connectivity index (χ2n) is 8.90. The molecule has 11 heteroatoms. The van der Waals surface area contributed by atoms with Gasteiger partial charge in [-0.15, -0.1) is 4.98 Å². The molecular formula is C28H20F4N6O. The molecule has 7 nitrogen and oxygen atoms in total. The highest BCUT2D eigenvalue weighted by atomic mass is 19.4. The van der Waals surface area contributed by atoms with Crippen LogP contribution < -0.4 is 5.32 Å². The summed E-state index contributed by atoms with van der Waals surface area (Å²) < 4.78 is 56.7. The fourth-order valence-corrected chi connectivity index (χ4v) is 4.49. The van der Waals surface area contributed by atoms with Crippen molar-refractivity contribution in [2.75, 3.05) is 0 Å². The number of nitrogens with zero attached hydrogens (tertiary/aromatic N) is 4. The number of alkyl halides is 3. The summed E-state index contributed by atoms with van der Waals surface area (Å²) in [5.74, 6) is -1.64. The highest BCUT2D eigenvalue weighted by Crippen LogP contribution is 2.37. The molecule has 39 heavy (non-hydrogen) atoms. The number of aromatic amines is 1. The number of rotatable bonds is 5. The Hall–Kier alpha value is -4.98. The fourth-order valence-electron chi connectivity index (χ4n) is 4.49. The van der Waals surface area contributed by atoms with Crippen LogP contribution in [0.1, 0.15) is 32.9 Å². The van der Waals surface area contributed by atoms with Gasteiger partial charge in [-0.3, -0.25) is 4.79 Å². The molecule has 196 valence electrons. The summed E-state index contributed by atoms with van der Waals surface area (Å²) in [7, 11) is 0. The SMILES string of the molecule is [C-]#[N+]c1ncc(-n2nc(C)c(-c3ccc(CNC(=O)c4ccc5[nH]ccc5c4)c(F)c3)c2C)cc1C(F)(F)F. The number of amides is 1. The Kier molecular flexibility index (Phi) is 6.39. The first-order chi connectivity index (χ1) is 18.6. The number of benzene rings is 2. The number of hydrogen-bond donors (Lipinski definition) is 2. The second kappa shape index (κ2) is 9.72. The number of hydrogen-bond acceptors (Lipinski definition) is 3. The molecule has 0 atom stereocenters. The van der Waals surface area contributed by atoms with Crippen molar-refractivity contribution in [3.05, 3.63) is 106 Å². The highest BCUT2D eigenvalue weighted by molar-refractivity contribution is 5.98. The van der Waals surface area contributed by atoms with Crippen LogP contribution in [0.3, 0.4) is 0 Å². The predicted molar refractivity (Wildman–Crippen MR) is 137 cm³/mol. The first kappa shape index (κ1) is 25.7. The fraction of sp³-hybridized carbons (Fsp3) is 0.143. The molecule has 0 fully saturated rings. The van der Waals surface area contributed by atoms with Gasteiger partial charge in [-0.1, -0.05) is 18.7 Å². The lowest BCUT2D eigenvalue weighted by Crippen LogP contribution is -2.23. The molecule has 0 saturated heterocycles. The first-order valence-electron chi connectivity index (χ1n) is 11.7. The summed E-state index contributed by atoms with van der Waals surface area (Å²) >= 11 is 0. The second-order valence-corrected chi connectivity index (χ2v) is 8.90. The lowest BCUT2D eigenvalue weighted by molar-refractivity contribution is -0.137.